The van der Waals surface area contributed by atoms with Crippen LogP contribution in [0.1, 0.15) is 42.4 Å². The number of nitrogens with one attached hydrogen (secondary N) is 3. The summed E-state index contributed by atoms with van der Waals surface area (Å²) in [4.78, 5) is 24.2. The summed E-state index contributed by atoms with van der Waals surface area (Å²) in [6, 6.07) is 8.12. The zero-order chi connectivity index (χ0) is 20.0. The number of rotatable bonds is 5. The van der Waals surface area contributed by atoms with Crippen molar-refractivity contribution in [2.24, 2.45) is 4.99 Å². The minimum Gasteiger partial charge on any atom is -0.487 e. The van der Waals surface area contributed by atoms with Crippen molar-refractivity contribution in [3.63, 3.8) is 0 Å². The molecular formula is C20H27IN6O2. The van der Waals surface area contributed by atoms with Crippen molar-refractivity contribution in [3.05, 3.63) is 54.1 Å². The minimum absolute atomic E-state index is 0. The molecule has 1 atom stereocenters. The molecular weight excluding hydrogens is 483 g/mol. The highest BCUT2D eigenvalue weighted by molar-refractivity contribution is 14.0. The molecule has 0 bridgehead atoms. The Balaban J connectivity index is 0.00000300. The van der Waals surface area contributed by atoms with Crippen molar-refractivity contribution in [1.29, 1.82) is 0 Å². The number of fused-ring (bicyclic) bond motifs is 1. The highest BCUT2D eigenvalue weighted by atomic mass is 127. The maximum atomic E-state index is 12.0. The average Bonchev–Trinajstić information content (AvgIpc) is 2.69. The van der Waals surface area contributed by atoms with Gasteiger partial charge in [0.2, 0.25) is 0 Å². The molecule has 0 radical (unpaired) electrons. The second-order valence-corrected chi connectivity index (χ2v) is 7.15. The number of nitrogens with zero attached hydrogens (tertiary/aromatic N) is 3. The standard InChI is InChI=1S/C20H26N6O2.HI/c1-20(2)12-15(14-6-4-5-7-17(14)28-20)26-19(21-3)25-11-10-24-18(27)16-13-22-8-9-23-16;/h4-9,13,15H,10-12H2,1-3H3,(H,24,27)(H2,21,25,26);1H. The molecule has 0 fully saturated rings. The number of ether oxygens (including phenoxy) is 1. The predicted octanol–water partition coefficient (Wildman–Crippen LogP) is 2.29. The zero-order valence-electron chi connectivity index (χ0n) is 16.8. The highest BCUT2D eigenvalue weighted by Gasteiger charge is 2.33. The maximum absolute atomic E-state index is 12.0. The molecule has 29 heavy (non-hydrogen) atoms. The lowest BCUT2D eigenvalue weighted by Crippen LogP contribution is -2.46. The van der Waals surface area contributed by atoms with Crippen LogP contribution in [0.25, 0.3) is 0 Å². The second-order valence-electron chi connectivity index (χ2n) is 7.15. The third-order valence-corrected chi connectivity index (χ3v) is 4.41. The van der Waals surface area contributed by atoms with Crippen LogP contribution in [0.5, 0.6) is 5.75 Å². The molecule has 0 saturated heterocycles. The number of amides is 1. The van der Waals surface area contributed by atoms with Crippen LogP contribution in [0.4, 0.5) is 0 Å². The van der Waals surface area contributed by atoms with Crippen molar-refractivity contribution in [3.8, 4) is 5.75 Å². The smallest absolute Gasteiger partial charge is 0.271 e. The molecule has 9 heteroatoms. The van der Waals surface area contributed by atoms with Gasteiger partial charge < -0.3 is 20.7 Å². The number of aromatic nitrogens is 2. The van der Waals surface area contributed by atoms with Crippen LogP contribution < -0.4 is 20.7 Å². The monoisotopic (exact) mass is 510 g/mol. The molecule has 8 nitrogen and oxygen atoms in total. The molecule has 2 aromatic rings. The number of carbonyl (C=O) groups is 1. The molecule has 156 valence electrons. The van der Waals surface area contributed by atoms with Gasteiger partial charge in [-0.05, 0) is 19.9 Å². The van der Waals surface area contributed by atoms with Gasteiger partial charge in [0, 0.05) is 44.5 Å². The van der Waals surface area contributed by atoms with Crippen molar-refractivity contribution < 1.29 is 9.53 Å². The first kappa shape index (κ1) is 22.9. The van der Waals surface area contributed by atoms with Gasteiger partial charge >= 0.3 is 0 Å². The molecule has 0 spiro atoms. The lowest BCUT2D eigenvalue weighted by molar-refractivity contribution is 0.0694. The molecule has 1 aromatic heterocycles. The molecule has 3 rings (SSSR count). The Morgan fingerprint density at radius 2 is 2.00 bits per heavy atom. The summed E-state index contributed by atoms with van der Waals surface area (Å²) < 4.78 is 6.07. The van der Waals surface area contributed by atoms with Gasteiger partial charge in [-0.1, -0.05) is 18.2 Å². The summed E-state index contributed by atoms with van der Waals surface area (Å²) in [5.74, 6) is 1.31. The van der Waals surface area contributed by atoms with E-state index in [9.17, 15) is 4.79 Å². The lowest BCUT2D eigenvalue weighted by atomic mass is 9.90. The van der Waals surface area contributed by atoms with E-state index in [4.69, 9.17) is 4.74 Å². The molecule has 0 saturated carbocycles. The van der Waals surface area contributed by atoms with Crippen LogP contribution in [0, 0.1) is 0 Å². The Kier molecular flexibility index (Phi) is 8.18. The minimum atomic E-state index is -0.268. The number of aliphatic imine (C=N–C) groups is 1. The highest BCUT2D eigenvalue weighted by Crippen LogP contribution is 2.39. The van der Waals surface area contributed by atoms with Crippen LogP contribution in [0.3, 0.4) is 0 Å². The van der Waals surface area contributed by atoms with Crippen LogP contribution in [-0.2, 0) is 0 Å². The first-order valence-electron chi connectivity index (χ1n) is 9.28. The van der Waals surface area contributed by atoms with Gasteiger partial charge in [0.25, 0.3) is 5.91 Å². The molecule has 1 aliphatic heterocycles. The molecule has 1 unspecified atom stereocenters. The van der Waals surface area contributed by atoms with Crippen molar-refractivity contribution in [2.45, 2.75) is 31.9 Å². The SMILES string of the molecule is CN=C(NCCNC(=O)c1cnccn1)NC1CC(C)(C)Oc2ccccc21.I. The van der Waals surface area contributed by atoms with Crippen molar-refractivity contribution >= 4 is 35.8 Å². The fourth-order valence-electron chi connectivity index (χ4n) is 3.15. The number of carbonyl (C=O) groups excluding carboxylic acids is 1. The molecule has 3 N–H and O–H groups in total. The van der Waals surface area contributed by atoms with Gasteiger partial charge in [-0.25, -0.2) is 4.98 Å². The largest absolute Gasteiger partial charge is 0.487 e. The van der Waals surface area contributed by atoms with E-state index in [-0.39, 0.29) is 41.5 Å². The van der Waals surface area contributed by atoms with Crippen LogP contribution >= 0.6 is 24.0 Å². The Morgan fingerprint density at radius 1 is 1.24 bits per heavy atom. The van der Waals surface area contributed by atoms with Gasteiger partial charge in [-0.15, -0.1) is 24.0 Å². The van der Waals surface area contributed by atoms with Gasteiger partial charge in [0.05, 0.1) is 12.2 Å². The third-order valence-electron chi connectivity index (χ3n) is 4.41. The Morgan fingerprint density at radius 3 is 2.72 bits per heavy atom. The summed E-state index contributed by atoms with van der Waals surface area (Å²) in [6.45, 7) is 5.12. The summed E-state index contributed by atoms with van der Waals surface area (Å²) >= 11 is 0. The fourth-order valence-corrected chi connectivity index (χ4v) is 3.15. The van der Waals surface area contributed by atoms with E-state index >= 15 is 0 Å². The Labute approximate surface area is 188 Å². The van der Waals surface area contributed by atoms with E-state index in [0.29, 0.717) is 24.7 Å². The van der Waals surface area contributed by atoms with Gasteiger partial charge in [0.15, 0.2) is 5.96 Å². The topological polar surface area (TPSA) is 101 Å². The summed E-state index contributed by atoms with van der Waals surface area (Å²) in [6.07, 6.45) is 5.28. The number of para-hydroxylation sites is 1. The normalized spacial score (nSPS) is 17.2. The van der Waals surface area contributed by atoms with Gasteiger partial charge in [0.1, 0.15) is 17.0 Å². The fraction of sp³-hybridized carbons (Fsp3) is 0.400. The van der Waals surface area contributed by atoms with E-state index in [1.807, 2.05) is 18.2 Å². The first-order chi connectivity index (χ1) is 13.5. The van der Waals surface area contributed by atoms with E-state index in [1.54, 1.807) is 7.05 Å². The first-order valence-corrected chi connectivity index (χ1v) is 9.28. The van der Waals surface area contributed by atoms with E-state index < -0.39 is 0 Å². The second kappa shape index (κ2) is 10.4. The van der Waals surface area contributed by atoms with Crippen LogP contribution in [0.2, 0.25) is 0 Å². The lowest BCUT2D eigenvalue weighted by Gasteiger charge is -2.38. The number of hydrogen-bond acceptors (Lipinski definition) is 5. The third kappa shape index (κ3) is 6.28. The quantitative estimate of drug-likeness (QED) is 0.247. The summed E-state index contributed by atoms with van der Waals surface area (Å²) in [7, 11) is 1.73. The van der Waals surface area contributed by atoms with Gasteiger partial charge in [-0.2, -0.15) is 0 Å². The van der Waals surface area contributed by atoms with Crippen LogP contribution in [-0.4, -0.2) is 47.6 Å². The van der Waals surface area contributed by atoms with Gasteiger partial charge in [-0.3, -0.25) is 14.8 Å². The number of halogens is 1. The van der Waals surface area contributed by atoms with E-state index in [0.717, 1.165) is 17.7 Å². The molecule has 0 aliphatic carbocycles. The van der Waals surface area contributed by atoms with Crippen LogP contribution in [0.15, 0.2) is 47.8 Å². The summed E-state index contributed by atoms with van der Waals surface area (Å²) in [5.41, 5.74) is 1.14. The van der Waals surface area contributed by atoms with Crippen molar-refractivity contribution in [2.75, 3.05) is 20.1 Å². The molecule has 1 aliphatic rings. The Bertz CT molecular complexity index is 844. The van der Waals surface area contributed by atoms with Crippen molar-refractivity contribution in [1.82, 2.24) is 25.9 Å². The maximum Gasteiger partial charge on any atom is 0.271 e. The Hall–Kier alpha value is -2.43. The van der Waals surface area contributed by atoms with E-state index in [2.05, 4.69) is 50.8 Å². The number of guanidine groups is 1. The zero-order valence-corrected chi connectivity index (χ0v) is 19.1. The van der Waals surface area contributed by atoms with E-state index in [1.165, 1.54) is 18.6 Å². The molecule has 1 aromatic carbocycles. The molecule has 2 heterocycles. The number of hydrogen-bond donors (Lipinski definition) is 3. The summed E-state index contributed by atoms with van der Waals surface area (Å²) in [5, 5.41) is 9.49. The number of benzene rings is 1. The molecule has 1 amide bonds. The predicted molar refractivity (Wildman–Crippen MR) is 123 cm³/mol. The average molecular weight is 510 g/mol.